The van der Waals surface area contributed by atoms with Gasteiger partial charge in [-0.1, -0.05) is 56.3 Å². The number of carbonyl (C=O) groups excluding carboxylic acids is 1. The molecule has 2 N–H and O–H groups in total. The smallest absolute Gasteiger partial charge is 0.353 e. The summed E-state index contributed by atoms with van der Waals surface area (Å²) in [5, 5.41) is 6.26. The maximum absolute atomic E-state index is 14.0. The summed E-state index contributed by atoms with van der Waals surface area (Å²) in [4.78, 5) is 16.2. The van der Waals surface area contributed by atoms with Crippen molar-refractivity contribution in [2.75, 3.05) is 25.4 Å². The highest BCUT2D eigenvalue weighted by Crippen LogP contribution is 2.34. The van der Waals surface area contributed by atoms with Crippen molar-refractivity contribution in [3.8, 4) is 0 Å². The minimum absolute atomic E-state index is 0.0785. The van der Waals surface area contributed by atoms with Crippen LogP contribution in [-0.4, -0.2) is 52.7 Å². The number of hydrogen-bond acceptors (Lipinski definition) is 5. The van der Waals surface area contributed by atoms with Crippen molar-refractivity contribution in [3.63, 3.8) is 0 Å². The highest BCUT2D eigenvalue weighted by Gasteiger charge is 2.32. The van der Waals surface area contributed by atoms with E-state index in [1.807, 2.05) is 11.9 Å². The molecule has 11 heteroatoms. The predicted molar refractivity (Wildman–Crippen MR) is 154 cm³/mol. The zero-order chi connectivity index (χ0) is 29.1. The van der Waals surface area contributed by atoms with Crippen molar-refractivity contribution in [2.24, 2.45) is 0 Å². The Morgan fingerprint density at radius 3 is 2.60 bits per heavy atom. The van der Waals surface area contributed by atoms with Gasteiger partial charge in [-0.15, -0.1) is 0 Å². The topological polar surface area (TPSA) is 57.3 Å². The number of amides is 1. The Kier molecular flexibility index (Phi) is 13.0. The molecule has 5 nitrogen and oxygen atoms in total. The van der Waals surface area contributed by atoms with E-state index in [-0.39, 0.29) is 29.0 Å². The monoisotopic (exact) mass is 602 g/mol. The fraction of sp³-hybridized carbons (Fsp3) is 0.586. The Bertz CT molecular complexity index is 1080. The van der Waals surface area contributed by atoms with E-state index in [4.69, 9.17) is 11.6 Å². The third kappa shape index (κ3) is 9.89. The minimum atomic E-state index is -4.56. The van der Waals surface area contributed by atoms with Gasteiger partial charge in [-0.25, -0.2) is 8.70 Å². The van der Waals surface area contributed by atoms with Gasteiger partial charge in [0.05, 0.1) is 10.6 Å². The standard InChI is InChI=1S/C20H19ClF4N2O.C9H20N2S/c21-17-6-5-12(8-18(17)22)16(9-19(28)27-15-3-1-2-4-15)13-7-14(11-26-10-13)20(23,24)25;1-3-7-12-11-6-5-10-8-9(11)4-2/h5-8,10-11,15-16H,1-4,9H2,(H,27,28);9-10H,3-8H2,1-2H3. The molecule has 0 radical (unpaired) electrons. The molecule has 2 aromatic rings. The quantitative estimate of drug-likeness (QED) is 0.235. The van der Waals surface area contributed by atoms with Crippen LogP contribution >= 0.6 is 23.5 Å². The summed E-state index contributed by atoms with van der Waals surface area (Å²) < 4.78 is 55.8. The average molecular weight is 603 g/mol. The van der Waals surface area contributed by atoms with Crippen LogP contribution in [0.3, 0.4) is 0 Å². The van der Waals surface area contributed by atoms with Crippen LogP contribution in [0.4, 0.5) is 17.6 Å². The Morgan fingerprint density at radius 1 is 1.20 bits per heavy atom. The van der Waals surface area contributed by atoms with Gasteiger partial charge in [0.15, 0.2) is 0 Å². The SMILES string of the molecule is CCCSN1CCNCC1CC.O=C(CC(c1cncc(C(F)(F)F)c1)c1ccc(Cl)c(F)c1)NC1CCCC1. The third-order valence-corrected chi connectivity index (χ3v) is 8.88. The van der Waals surface area contributed by atoms with Gasteiger partial charge in [-0.2, -0.15) is 13.2 Å². The van der Waals surface area contributed by atoms with Crippen molar-refractivity contribution in [1.29, 1.82) is 0 Å². The molecule has 0 spiro atoms. The number of piperazine rings is 1. The number of rotatable bonds is 9. The molecule has 2 aliphatic rings. The van der Waals surface area contributed by atoms with Gasteiger partial charge in [0.25, 0.3) is 0 Å². The summed E-state index contributed by atoms with van der Waals surface area (Å²) in [5.74, 6) is -0.482. The lowest BCUT2D eigenvalue weighted by atomic mass is 9.88. The normalized spacial score (nSPS) is 19.1. The molecule has 4 rings (SSSR count). The summed E-state index contributed by atoms with van der Waals surface area (Å²) in [6, 6.07) is 5.78. The molecule has 1 saturated heterocycles. The maximum Gasteiger partial charge on any atom is 0.417 e. The lowest BCUT2D eigenvalue weighted by Gasteiger charge is -2.34. The second kappa shape index (κ2) is 15.9. The summed E-state index contributed by atoms with van der Waals surface area (Å²) in [7, 11) is 0. The number of nitrogens with one attached hydrogen (secondary N) is 2. The lowest BCUT2D eigenvalue weighted by Crippen LogP contribution is -2.47. The summed E-state index contributed by atoms with van der Waals surface area (Å²) in [6.07, 6.45) is 3.72. The molecule has 222 valence electrons. The summed E-state index contributed by atoms with van der Waals surface area (Å²) in [5.41, 5.74) is -0.358. The molecule has 0 bridgehead atoms. The van der Waals surface area contributed by atoms with Crippen molar-refractivity contribution >= 4 is 29.5 Å². The number of benzene rings is 1. The first-order valence-electron chi connectivity index (χ1n) is 14.0. The molecule has 1 aliphatic carbocycles. The zero-order valence-corrected chi connectivity index (χ0v) is 24.6. The Morgan fingerprint density at radius 2 is 1.95 bits per heavy atom. The first-order valence-corrected chi connectivity index (χ1v) is 15.3. The largest absolute Gasteiger partial charge is 0.417 e. The van der Waals surface area contributed by atoms with Crippen LogP contribution in [0.15, 0.2) is 36.7 Å². The van der Waals surface area contributed by atoms with Gasteiger partial charge in [-0.05, 0) is 55.0 Å². The van der Waals surface area contributed by atoms with Crippen LogP contribution < -0.4 is 10.6 Å². The number of nitrogens with zero attached hydrogens (tertiary/aromatic N) is 2. The molecular formula is C29H39ClF4N4OS. The van der Waals surface area contributed by atoms with Crippen molar-refractivity contribution < 1.29 is 22.4 Å². The first kappa shape index (κ1) is 32.6. The number of halogens is 5. The number of aromatic nitrogens is 1. The van der Waals surface area contributed by atoms with E-state index in [1.165, 1.54) is 50.0 Å². The van der Waals surface area contributed by atoms with E-state index in [1.54, 1.807) is 0 Å². The Labute approximate surface area is 244 Å². The highest BCUT2D eigenvalue weighted by molar-refractivity contribution is 7.97. The van der Waals surface area contributed by atoms with Gasteiger partial charge in [0.1, 0.15) is 5.82 Å². The fourth-order valence-electron chi connectivity index (χ4n) is 4.97. The van der Waals surface area contributed by atoms with Crippen LogP contribution in [-0.2, 0) is 11.0 Å². The molecule has 40 heavy (non-hydrogen) atoms. The van der Waals surface area contributed by atoms with E-state index < -0.39 is 23.5 Å². The van der Waals surface area contributed by atoms with Crippen LogP contribution in [0.1, 0.15) is 81.4 Å². The van der Waals surface area contributed by atoms with Gasteiger partial charge in [0, 0.05) is 62.2 Å². The molecule has 2 fully saturated rings. The minimum Gasteiger partial charge on any atom is -0.353 e. The van der Waals surface area contributed by atoms with Crippen LogP contribution in [0.2, 0.25) is 5.02 Å². The Hall–Kier alpha value is -1.88. The second-order valence-electron chi connectivity index (χ2n) is 10.2. The average Bonchev–Trinajstić information content (AvgIpc) is 3.45. The van der Waals surface area contributed by atoms with E-state index in [0.717, 1.165) is 56.6 Å². The second-order valence-corrected chi connectivity index (χ2v) is 11.8. The van der Waals surface area contributed by atoms with Gasteiger partial charge < -0.3 is 10.6 Å². The van der Waals surface area contributed by atoms with Crippen LogP contribution in [0.25, 0.3) is 0 Å². The molecule has 1 aliphatic heterocycles. The van der Waals surface area contributed by atoms with Gasteiger partial charge in [-0.3, -0.25) is 9.78 Å². The number of carbonyl (C=O) groups is 1. The molecule has 1 saturated carbocycles. The lowest BCUT2D eigenvalue weighted by molar-refractivity contribution is -0.137. The molecule has 2 unspecified atom stereocenters. The first-order chi connectivity index (χ1) is 19.1. The molecule has 1 amide bonds. The third-order valence-electron chi connectivity index (χ3n) is 7.17. The molecule has 2 atom stereocenters. The number of pyridine rings is 1. The van der Waals surface area contributed by atoms with E-state index in [2.05, 4.69) is 33.8 Å². The summed E-state index contributed by atoms with van der Waals surface area (Å²) >= 11 is 7.74. The van der Waals surface area contributed by atoms with Gasteiger partial charge >= 0.3 is 6.18 Å². The van der Waals surface area contributed by atoms with Gasteiger partial charge in [0.2, 0.25) is 5.91 Å². The maximum atomic E-state index is 14.0. The van der Waals surface area contributed by atoms with E-state index >= 15 is 0 Å². The zero-order valence-electron chi connectivity index (χ0n) is 23.1. The van der Waals surface area contributed by atoms with Crippen LogP contribution in [0.5, 0.6) is 0 Å². The van der Waals surface area contributed by atoms with Crippen molar-refractivity contribution in [1.82, 2.24) is 19.9 Å². The predicted octanol–water partition coefficient (Wildman–Crippen LogP) is 7.20. The molecule has 2 heterocycles. The van der Waals surface area contributed by atoms with E-state index in [9.17, 15) is 22.4 Å². The highest BCUT2D eigenvalue weighted by atomic mass is 35.5. The fourth-order valence-corrected chi connectivity index (χ4v) is 6.16. The Balaban J connectivity index is 0.000000307. The summed E-state index contributed by atoms with van der Waals surface area (Å²) in [6.45, 7) is 8.07. The number of alkyl halides is 3. The van der Waals surface area contributed by atoms with E-state index in [0.29, 0.717) is 5.56 Å². The number of hydrogen-bond donors (Lipinski definition) is 2. The molecule has 1 aromatic heterocycles. The van der Waals surface area contributed by atoms with Crippen LogP contribution in [0, 0.1) is 5.82 Å². The molecular weight excluding hydrogens is 564 g/mol. The molecule has 1 aromatic carbocycles. The van der Waals surface area contributed by atoms with Crippen molar-refractivity contribution in [3.05, 3.63) is 64.2 Å². The van der Waals surface area contributed by atoms with Crippen molar-refractivity contribution in [2.45, 2.75) is 83.0 Å².